The van der Waals surface area contributed by atoms with Crippen molar-refractivity contribution in [3.05, 3.63) is 108 Å². The Morgan fingerprint density at radius 1 is 0.757 bits per heavy atom. The fourth-order valence-corrected chi connectivity index (χ4v) is 4.21. The van der Waals surface area contributed by atoms with E-state index in [0.29, 0.717) is 16.7 Å². The molecule has 0 saturated carbocycles. The first kappa shape index (κ1) is 26.1. The Morgan fingerprint density at radius 2 is 1.22 bits per heavy atom. The van der Waals surface area contributed by atoms with E-state index in [-0.39, 0.29) is 0 Å². The molecule has 0 amide bonds. The SMILES string of the molecule is CO[C@H]1O[C@H](C(C)OC(=O)c2ccccc2)[C@@H](OC(=O)c2ccccc2)[C@@]1(C)OC(=O)c1ccccc1. The smallest absolute Gasteiger partial charge is 0.338 e. The highest BCUT2D eigenvalue weighted by molar-refractivity contribution is 5.91. The molecule has 1 aliphatic heterocycles. The maximum atomic E-state index is 13.1. The number of hydrogen-bond acceptors (Lipinski definition) is 8. The summed E-state index contributed by atoms with van der Waals surface area (Å²) in [6, 6.07) is 25.3. The van der Waals surface area contributed by atoms with Gasteiger partial charge in [-0.1, -0.05) is 54.6 Å². The number of carbonyl (C=O) groups is 3. The fraction of sp³-hybridized carbons (Fsp3) is 0.276. The number of hydrogen-bond donors (Lipinski definition) is 0. The van der Waals surface area contributed by atoms with Crippen LogP contribution in [-0.2, 0) is 23.7 Å². The van der Waals surface area contributed by atoms with Gasteiger partial charge in [-0.3, -0.25) is 0 Å². The molecule has 1 saturated heterocycles. The molecule has 3 aromatic rings. The summed E-state index contributed by atoms with van der Waals surface area (Å²) in [6.07, 6.45) is -4.18. The van der Waals surface area contributed by atoms with Gasteiger partial charge in [-0.25, -0.2) is 14.4 Å². The Morgan fingerprint density at radius 3 is 1.70 bits per heavy atom. The quantitative estimate of drug-likeness (QED) is 0.328. The molecular weight excluding hydrogens is 476 g/mol. The highest BCUT2D eigenvalue weighted by Crippen LogP contribution is 2.40. The van der Waals surface area contributed by atoms with Crippen LogP contribution in [0.1, 0.15) is 44.9 Å². The van der Waals surface area contributed by atoms with Crippen molar-refractivity contribution >= 4 is 17.9 Å². The van der Waals surface area contributed by atoms with Crippen LogP contribution in [0.2, 0.25) is 0 Å². The van der Waals surface area contributed by atoms with Gasteiger partial charge in [0.1, 0.15) is 12.2 Å². The minimum Gasteiger partial charge on any atom is -0.456 e. The van der Waals surface area contributed by atoms with E-state index >= 15 is 0 Å². The van der Waals surface area contributed by atoms with Crippen LogP contribution in [0, 0.1) is 0 Å². The van der Waals surface area contributed by atoms with Gasteiger partial charge >= 0.3 is 17.9 Å². The summed E-state index contributed by atoms with van der Waals surface area (Å²) in [4.78, 5) is 38.9. The van der Waals surface area contributed by atoms with Gasteiger partial charge in [0.2, 0.25) is 6.29 Å². The average Bonchev–Trinajstić information content (AvgIpc) is 3.20. The molecule has 0 radical (unpaired) electrons. The van der Waals surface area contributed by atoms with E-state index in [1.807, 2.05) is 0 Å². The first-order chi connectivity index (χ1) is 17.8. The maximum Gasteiger partial charge on any atom is 0.338 e. The molecule has 0 aromatic heterocycles. The molecule has 192 valence electrons. The lowest BCUT2D eigenvalue weighted by molar-refractivity contribution is -0.191. The van der Waals surface area contributed by atoms with Crippen molar-refractivity contribution in [2.45, 2.75) is 44.1 Å². The first-order valence-corrected chi connectivity index (χ1v) is 11.8. The maximum absolute atomic E-state index is 13.1. The number of ether oxygens (including phenoxy) is 5. The summed E-state index contributed by atoms with van der Waals surface area (Å²) in [7, 11) is 1.39. The van der Waals surface area contributed by atoms with Gasteiger partial charge in [0.15, 0.2) is 11.7 Å². The third-order valence-electron chi connectivity index (χ3n) is 6.16. The molecule has 37 heavy (non-hydrogen) atoms. The highest BCUT2D eigenvalue weighted by Gasteiger charge is 2.61. The first-order valence-electron chi connectivity index (χ1n) is 11.8. The van der Waals surface area contributed by atoms with Gasteiger partial charge < -0.3 is 23.7 Å². The van der Waals surface area contributed by atoms with E-state index in [1.165, 1.54) is 7.11 Å². The second kappa shape index (κ2) is 11.4. The predicted molar refractivity (Wildman–Crippen MR) is 133 cm³/mol. The molecule has 3 aromatic carbocycles. The van der Waals surface area contributed by atoms with Crippen LogP contribution in [0.5, 0.6) is 0 Å². The van der Waals surface area contributed by atoms with Crippen LogP contribution in [0.15, 0.2) is 91.0 Å². The number of rotatable bonds is 8. The zero-order chi connectivity index (χ0) is 26.4. The molecule has 0 aliphatic carbocycles. The number of esters is 3. The summed E-state index contributed by atoms with van der Waals surface area (Å²) in [5.74, 6) is -1.88. The van der Waals surface area contributed by atoms with Gasteiger partial charge in [-0.15, -0.1) is 0 Å². The molecular formula is C29H28O8. The summed E-state index contributed by atoms with van der Waals surface area (Å²) in [5, 5.41) is 0. The Hall–Kier alpha value is -4.01. The summed E-state index contributed by atoms with van der Waals surface area (Å²) in [5.41, 5.74) is -0.609. The van der Waals surface area contributed by atoms with Crippen LogP contribution in [-0.4, -0.2) is 55.2 Å². The average molecular weight is 505 g/mol. The summed E-state index contributed by atoms with van der Waals surface area (Å²) in [6.45, 7) is 3.18. The minimum atomic E-state index is -1.57. The monoisotopic (exact) mass is 504 g/mol. The Labute approximate surface area is 215 Å². The van der Waals surface area contributed by atoms with E-state index in [9.17, 15) is 14.4 Å². The lowest BCUT2D eigenvalue weighted by atomic mass is 9.94. The topological polar surface area (TPSA) is 97.4 Å². The Balaban J connectivity index is 1.64. The largest absolute Gasteiger partial charge is 0.456 e. The predicted octanol–water partition coefficient (Wildman–Crippen LogP) is 4.44. The molecule has 0 spiro atoms. The molecule has 1 unspecified atom stereocenters. The van der Waals surface area contributed by atoms with Crippen LogP contribution >= 0.6 is 0 Å². The van der Waals surface area contributed by atoms with Gasteiger partial charge in [-0.05, 0) is 50.2 Å². The normalized spacial score (nSPS) is 23.6. The molecule has 1 heterocycles. The van der Waals surface area contributed by atoms with Crippen LogP contribution < -0.4 is 0 Å². The zero-order valence-corrected chi connectivity index (χ0v) is 20.7. The number of methoxy groups -OCH3 is 1. The van der Waals surface area contributed by atoms with Gasteiger partial charge in [0.05, 0.1) is 16.7 Å². The third-order valence-corrected chi connectivity index (χ3v) is 6.16. The van der Waals surface area contributed by atoms with Crippen molar-refractivity contribution in [2.24, 2.45) is 0 Å². The Bertz CT molecular complexity index is 1210. The number of carbonyl (C=O) groups excluding carboxylic acids is 3. The van der Waals surface area contributed by atoms with Crippen molar-refractivity contribution in [1.29, 1.82) is 0 Å². The highest BCUT2D eigenvalue weighted by atomic mass is 16.7. The molecule has 0 bridgehead atoms. The van der Waals surface area contributed by atoms with Crippen LogP contribution in [0.4, 0.5) is 0 Å². The van der Waals surface area contributed by atoms with Crippen molar-refractivity contribution in [1.82, 2.24) is 0 Å². The van der Waals surface area contributed by atoms with Crippen molar-refractivity contribution in [3.8, 4) is 0 Å². The van der Waals surface area contributed by atoms with Crippen LogP contribution in [0.25, 0.3) is 0 Å². The zero-order valence-electron chi connectivity index (χ0n) is 20.7. The van der Waals surface area contributed by atoms with E-state index in [4.69, 9.17) is 23.7 Å². The molecule has 1 fully saturated rings. The van der Waals surface area contributed by atoms with Crippen LogP contribution in [0.3, 0.4) is 0 Å². The van der Waals surface area contributed by atoms with Gasteiger partial charge in [-0.2, -0.15) is 0 Å². The van der Waals surface area contributed by atoms with E-state index in [0.717, 1.165) is 0 Å². The number of benzene rings is 3. The molecule has 4 rings (SSSR count). The van der Waals surface area contributed by atoms with Crippen molar-refractivity contribution in [3.63, 3.8) is 0 Å². The van der Waals surface area contributed by atoms with E-state index in [1.54, 1.807) is 105 Å². The van der Waals surface area contributed by atoms with Gasteiger partial charge in [0, 0.05) is 7.11 Å². The van der Waals surface area contributed by atoms with Crippen molar-refractivity contribution in [2.75, 3.05) is 7.11 Å². The summed E-state index contributed by atoms with van der Waals surface area (Å²) < 4.78 is 29.0. The lowest BCUT2D eigenvalue weighted by Gasteiger charge is -2.34. The molecule has 1 aliphatic rings. The minimum absolute atomic E-state index is 0.299. The molecule has 0 N–H and O–H groups in total. The van der Waals surface area contributed by atoms with E-state index < -0.39 is 48.1 Å². The second-order valence-electron chi connectivity index (χ2n) is 8.78. The molecule has 8 heteroatoms. The molecule has 8 nitrogen and oxygen atoms in total. The second-order valence-corrected chi connectivity index (χ2v) is 8.78. The third kappa shape index (κ3) is 5.71. The fourth-order valence-electron chi connectivity index (χ4n) is 4.21. The summed E-state index contributed by atoms with van der Waals surface area (Å²) >= 11 is 0. The standard InChI is InChI=1S/C29H28O8/c1-19(34-25(30)20-13-7-4-8-14-20)23-24(36-26(31)21-15-9-5-10-16-21)29(2,28(33-3)35-23)37-27(32)22-17-11-6-12-18-22/h4-19,23-24,28H,1-3H3/t19?,23-,24-,28+,29-/m1/s1. The van der Waals surface area contributed by atoms with Crippen molar-refractivity contribution < 1.29 is 38.1 Å². The Kier molecular flexibility index (Phi) is 8.01. The van der Waals surface area contributed by atoms with Gasteiger partial charge in [0.25, 0.3) is 0 Å². The lowest BCUT2D eigenvalue weighted by Crippen LogP contribution is -2.53. The molecule has 5 atom stereocenters. The van der Waals surface area contributed by atoms with E-state index in [2.05, 4.69) is 0 Å².